The number of carbonyl (C=O) groups excluding carboxylic acids is 2. The number of rotatable bonds is 11. The molecule has 0 unspecified atom stereocenters. The van der Waals surface area contributed by atoms with E-state index in [1.165, 1.54) is 12.1 Å². The third-order valence-corrected chi connectivity index (χ3v) is 7.18. The van der Waals surface area contributed by atoms with Crippen LogP contribution in [0.1, 0.15) is 37.8 Å². The van der Waals surface area contributed by atoms with Gasteiger partial charge in [-0.1, -0.05) is 67.2 Å². The molecule has 0 aliphatic carbocycles. The molecule has 15 heteroatoms. The summed E-state index contributed by atoms with van der Waals surface area (Å²) >= 11 is 0. The van der Waals surface area contributed by atoms with E-state index in [-0.39, 0.29) is 25.0 Å². The van der Waals surface area contributed by atoms with E-state index in [2.05, 4.69) is 31.8 Å². The Bertz CT molecular complexity index is 1850. The number of hydrogen-bond acceptors (Lipinski definition) is 13. The number of benzene rings is 3. The van der Waals surface area contributed by atoms with Gasteiger partial charge in [0.05, 0.1) is 18.5 Å². The first-order chi connectivity index (χ1) is 23.1. The fraction of sp³-hybridized carbons (Fsp3) is 0.212. The third-order valence-electron chi connectivity index (χ3n) is 7.18. The molecule has 1 aliphatic rings. The van der Waals surface area contributed by atoms with Gasteiger partial charge in [0, 0.05) is 29.0 Å². The number of piperidine rings is 1. The molecule has 1 aliphatic heterocycles. The van der Waals surface area contributed by atoms with Crippen molar-refractivity contribution in [2.75, 3.05) is 0 Å². The number of amides is 1. The van der Waals surface area contributed by atoms with Crippen molar-refractivity contribution < 1.29 is 34.3 Å². The van der Waals surface area contributed by atoms with Gasteiger partial charge in [0.15, 0.2) is 0 Å². The molecule has 1 amide bonds. The van der Waals surface area contributed by atoms with Crippen molar-refractivity contribution >= 4 is 17.9 Å². The van der Waals surface area contributed by atoms with Crippen molar-refractivity contribution in [3.05, 3.63) is 107 Å². The van der Waals surface area contributed by atoms with Gasteiger partial charge >= 0.3 is 6.16 Å². The molecule has 1 fully saturated rings. The number of nitrogens with two attached hydrogens (primary N) is 1. The monoisotopic (exact) mass is 654 g/mol. The highest BCUT2D eigenvalue weighted by Gasteiger charge is 2.29. The number of carbonyl (C=O) groups is 2. The van der Waals surface area contributed by atoms with Crippen molar-refractivity contribution in [2.24, 2.45) is 10.7 Å². The van der Waals surface area contributed by atoms with Gasteiger partial charge in [-0.3, -0.25) is 20.1 Å². The van der Waals surface area contributed by atoms with Gasteiger partial charge in [0.25, 0.3) is 0 Å². The van der Waals surface area contributed by atoms with Crippen LogP contribution in [-0.2, 0) is 34.3 Å². The molecular weight excluding hydrogens is 620 g/mol. The summed E-state index contributed by atoms with van der Waals surface area (Å²) in [5.41, 5.74) is 12.2. The molecule has 0 bridgehead atoms. The normalized spacial score (nSPS) is 15.1. The Balaban J connectivity index is 1.24. The highest BCUT2D eigenvalue weighted by atomic mass is 17.1. The molecule has 48 heavy (non-hydrogen) atoms. The van der Waals surface area contributed by atoms with Gasteiger partial charge < -0.3 is 15.2 Å². The lowest BCUT2D eigenvalue weighted by atomic mass is 9.97. The molecule has 2 heterocycles. The Morgan fingerprint density at radius 2 is 1.69 bits per heavy atom. The van der Waals surface area contributed by atoms with Crippen molar-refractivity contribution in [3.63, 3.8) is 0 Å². The van der Waals surface area contributed by atoms with E-state index < -0.39 is 11.5 Å². The van der Waals surface area contributed by atoms with E-state index in [1.807, 2.05) is 55.5 Å². The minimum atomic E-state index is -0.982. The average Bonchev–Trinajstić information content (AvgIpc) is 3.54. The first-order valence-corrected chi connectivity index (χ1v) is 14.8. The summed E-state index contributed by atoms with van der Waals surface area (Å²) in [4.78, 5) is 37.0. The summed E-state index contributed by atoms with van der Waals surface area (Å²) in [5.74, 6) is 1.04. The quantitative estimate of drug-likeness (QED) is 0.112. The van der Waals surface area contributed by atoms with Gasteiger partial charge in [0.1, 0.15) is 11.6 Å². The number of aromatic nitrogens is 4. The molecule has 1 saturated heterocycles. The summed E-state index contributed by atoms with van der Waals surface area (Å²) in [6.07, 6.45) is -0.0867. The number of tetrazole rings is 1. The van der Waals surface area contributed by atoms with E-state index in [1.54, 1.807) is 24.0 Å². The molecule has 0 spiro atoms. The van der Waals surface area contributed by atoms with Crippen molar-refractivity contribution in [1.82, 2.24) is 30.5 Å². The Morgan fingerprint density at radius 1 is 1.00 bits per heavy atom. The Kier molecular flexibility index (Phi) is 10.7. The molecule has 1 aromatic heterocycles. The average molecular weight is 655 g/mol. The SMILES string of the molecule is C=C(C)/N=C1\C(=C(\C)N)CCC(=O)N1Cc1ccc(-c2ccccc2-c2nnn(COC(=O)Oc3ccc(CON(O)O)cc3)n2)cc1. The van der Waals surface area contributed by atoms with Gasteiger partial charge in [-0.15, -0.1) is 15.0 Å². The van der Waals surface area contributed by atoms with E-state index in [4.69, 9.17) is 25.6 Å². The van der Waals surface area contributed by atoms with E-state index in [0.29, 0.717) is 53.6 Å². The number of aliphatic imine (C=N–C) groups is 1. The van der Waals surface area contributed by atoms with Gasteiger partial charge in [-0.25, -0.2) is 14.6 Å². The smallest absolute Gasteiger partial charge is 0.409 e. The van der Waals surface area contributed by atoms with Crippen LogP contribution in [0, 0.1) is 0 Å². The highest BCUT2D eigenvalue weighted by Crippen LogP contribution is 2.31. The third kappa shape index (κ3) is 8.54. The lowest BCUT2D eigenvalue weighted by Crippen LogP contribution is -2.42. The van der Waals surface area contributed by atoms with Gasteiger partial charge in [-0.2, -0.15) is 0 Å². The summed E-state index contributed by atoms with van der Waals surface area (Å²) < 4.78 is 10.3. The first kappa shape index (κ1) is 33.6. The van der Waals surface area contributed by atoms with Crippen LogP contribution in [0.3, 0.4) is 0 Å². The van der Waals surface area contributed by atoms with Crippen LogP contribution in [-0.4, -0.2) is 58.8 Å². The Hall–Kier alpha value is -5.74. The number of nitrogens with zero attached hydrogens (tertiary/aromatic N) is 7. The molecule has 3 aromatic carbocycles. The molecule has 5 rings (SSSR count). The molecule has 0 atom stereocenters. The molecule has 0 radical (unpaired) electrons. The van der Waals surface area contributed by atoms with Crippen molar-refractivity contribution in [3.8, 4) is 28.3 Å². The van der Waals surface area contributed by atoms with Gasteiger partial charge in [0.2, 0.25) is 18.5 Å². The summed E-state index contributed by atoms with van der Waals surface area (Å²) in [6.45, 7) is 7.36. The second-order valence-electron chi connectivity index (χ2n) is 10.8. The molecule has 4 aromatic rings. The van der Waals surface area contributed by atoms with Crippen LogP contribution >= 0.6 is 0 Å². The minimum Gasteiger partial charge on any atom is -0.409 e. The number of amidine groups is 1. The van der Waals surface area contributed by atoms with Crippen LogP contribution < -0.4 is 10.5 Å². The summed E-state index contributed by atoms with van der Waals surface area (Å²) in [7, 11) is 0. The highest BCUT2D eigenvalue weighted by molar-refractivity contribution is 6.10. The van der Waals surface area contributed by atoms with Gasteiger partial charge in [-0.05, 0) is 59.9 Å². The zero-order chi connectivity index (χ0) is 34.2. The second kappa shape index (κ2) is 15.2. The maximum atomic E-state index is 12.9. The largest absolute Gasteiger partial charge is 0.515 e. The second-order valence-corrected chi connectivity index (χ2v) is 10.8. The predicted molar refractivity (Wildman–Crippen MR) is 171 cm³/mol. The summed E-state index contributed by atoms with van der Waals surface area (Å²) in [5, 5.41) is 29.4. The first-order valence-electron chi connectivity index (χ1n) is 14.8. The fourth-order valence-corrected chi connectivity index (χ4v) is 4.93. The molecule has 248 valence electrons. The van der Waals surface area contributed by atoms with Crippen molar-refractivity contribution in [2.45, 2.75) is 46.6 Å². The van der Waals surface area contributed by atoms with Crippen LogP contribution in [0.15, 0.2) is 101 Å². The standard InChI is InChI=1S/C33H34N8O7/c1-21(2)35-32-27(22(3)34)16-17-30(42)39(32)18-23-8-12-25(13-9-23)28-6-4-5-7-29(28)31-36-38-40(37-31)20-46-33(43)48-26-14-10-24(11-15-26)19-47-41(44)45/h4-15,44-45H,1,16-20,34H2,2-3H3/b27-22-,35-32+. The predicted octanol–water partition coefficient (Wildman–Crippen LogP) is 4.98. The van der Waals surface area contributed by atoms with Crippen LogP contribution in [0.5, 0.6) is 5.75 Å². The van der Waals surface area contributed by atoms with E-state index in [9.17, 15) is 9.59 Å². The summed E-state index contributed by atoms with van der Waals surface area (Å²) in [6, 6.07) is 21.5. The van der Waals surface area contributed by atoms with E-state index in [0.717, 1.165) is 27.1 Å². The molecule has 4 N–H and O–H groups in total. The van der Waals surface area contributed by atoms with Crippen LogP contribution in [0.4, 0.5) is 4.79 Å². The number of hydrogen-bond donors (Lipinski definition) is 3. The number of allylic oxidation sites excluding steroid dienone is 2. The zero-order valence-corrected chi connectivity index (χ0v) is 26.3. The Morgan fingerprint density at radius 3 is 2.35 bits per heavy atom. The zero-order valence-electron chi connectivity index (χ0n) is 26.3. The minimum absolute atomic E-state index is 0.0267. The fourth-order valence-electron chi connectivity index (χ4n) is 4.93. The maximum absolute atomic E-state index is 12.9. The van der Waals surface area contributed by atoms with E-state index >= 15 is 0 Å². The Labute approximate surface area is 275 Å². The molecular formula is C33H34N8O7. The maximum Gasteiger partial charge on any atom is 0.515 e. The lowest BCUT2D eigenvalue weighted by molar-refractivity contribution is -0.497. The van der Waals surface area contributed by atoms with Crippen LogP contribution in [0.2, 0.25) is 0 Å². The number of ether oxygens (including phenoxy) is 2. The molecule has 0 saturated carbocycles. The van der Waals surface area contributed by atoms with Crippen LogP contribution in [0.25, 0.3) is 22.5 Å². The topological polar surface area (TPSA) is 191 Å². The molecule has 15 nitrogen and oxygen atoms in total. The van der Waals surface area contributed by atoms with Crippen molar-refractivity contribution in [1.29, 1.82) is 0 Å². The lowest BCUT2D eigenvalue weighted by Gasteiger charge is -2.31. The number of likely N-dealkylation sites (tertiary alicyclic amines) is 1.